The molecule has 0 bridgehead atoms. The first-order valence-corrected chi connectivity index (χ1v) is 7.36. The predicted molar refractivity (Wildman–Crippen MR) is 73.2 cm³/mol. The summed E-state index contributed by atoms with van der Waals surface area (Å²) in [5.74, 6) is 1.22. The van der Waals surface area contributed by atoms with E-state index < -0.39 is 0 Å². The third-order valence-corrected chi connectivity index (χ3v) is 4.75. The van der Waals surface area contributed by atoms with Gasteiger partial charge < -0.3 is 5.73 Å². The highest BCUT2D eigenvalue weighted by Gasteiger charge is 2.28. The fraction of sp³-hybridized carbons (Fsp3) is 0.769. The van der Waals surface area contributed by atoms with Gasteiger partial charge in [-0.3, -0.25) is 4.90 Å². The fourth-order valence-electron chi connectivity index (χ4n) is 2.48. The molecule has 0 amide bonds. The monoisotopic (exact) mass is 253 g/mol. The van der Waals surface area contributed by atoms with Crippen molar-refractivity contribution in [2.75, 3.05) is 13.1 Å². The van der Waals surface area contributed by atoms with E-state index >= 15 is 0 Å². The van der Waals surface area contributed by atoms with Gasteiger partial charge in [-0.15, -0.1) is 11.3 Å². The van der Waals surface area contributed by atoms with Crippen LogP contribution in [0.1, 0.15) is 43.8 Å². The Labute approximate surface area is 108 Å². The van der Waals surface area contributed by atoms with Crippen LogP contribution in [0.2, 0.25) is 0 Å². The molecule has 96 valence electrons. The summed E-state index contributed by atoms with van der Waals surface area (Å²) < 4.78 is 0. The number of nitrogens with zero attached hydrogens (tertiary/aromatic N) is 2. The summed E-state index contributed by atoms with van der Waals surface area (Å²) in [5, 5.41) is 3.46. The molecule has 17 heavy (non-hydrogen) atoms. The molecular formula is C13H23N3S. The topological polar surface area (TPSA) is 42.2 Å². The maximum absolute atomic E-state index is 5.76. The van der Waals surface area contributed by atoms with Gasteiger partial charge in [0.15, 0.2) is 0 Å². The maximum Gasteiger partial charge on any atom is 0.0954 e. The van der Waals surface area contributed by atoms with E-state index in [1.807, 2.05) is 0 Å². The summed E-state index contributed by atoms with van der Waals surface area (Å²) in [6, 6.07) is 0.646. The zero-order valence-electron chi connectivity index (χ0n) is 11.0. The first kappa shape index (κ1) is 13.0. The second-order valence-electron chi connectivity index (χ2n) is 5.45. The number of rotatable bonds is 4. The Hall–Kier alpha value is -0.450. The van der Waals surface area contributed by atoms with Crippen molar-refractivity contribution >= 4 is 11.3 Å². The van der Waals surface area contributed by atoms with E-state index in [9.17, 15) is 0 Å². The van der Waals surface area contributed by atoms with Crippen LogP contribution in [0.3, 0.4) is 0 Å². The molecule has 4 heteroatoms. The number of nitrogens with two attached hydrogens (primary N) is 1. The van der Waals surface area contributed by atoms with Crippen molar-refractivity contribution in [3.05, 3.63) is 16.1 Å². The van der Waals surface area contributed by atoms with Gasteiger partial charge in [0.05, 0.1) is 10.7 Å². The van der Waals surface area contributed by atoms with Gasteiger partial charge in [0, 0.05) is 30.4 Å². The number of hydrogen-bond donors (Lipinski definition) is 1. The minimum atomic E-state index is 0.543. The Morgan fingerprint density at radius 2 is 2.35 bits per heavy atom. The van der Waals surface area contributed by atoms with Gasteiger partial charge in [0.1, 0.15) is 0 Å². The lowest BCUT2D eigenvalue weighted by Gasteiger charge is -2.19. The van der Waals surface area contributed by atoms with Crippen molar-refractivity contribution in [1.29, 1.82) is 0 Å². The van der Waals surface area contributed by atoms with Gasteiger partial charge in [0.2, 0.25) is 0 Å². The molecule has 0 saturated carbocycles. The normalized spacial score (nSPS) is 25.9. The van der Waals surface area contributed by atoms with Gasteiger partial charge in [0.25, 0.3) is 0 Å². The minimum Gasteiger partial charge on any atom is -0.330 e. The van der Waals surface area contributed by atoms with Crippen LogP contribution in [-0.4, -0.2) is 29.0 Å². The van der Waals surface area contributed by atoms with Crippen LogP contribution in [-0.2, 0) is 6.54 Å². The molecule has 1 fully saturated rings. The fourth-order valence-corrected chi connectivity index (χ4v) is 3.30. The van der Waals surface area contributed by atoms with E-state index in [0.717, 1.165) is 19.6 Å². The Kier molecular flexibility index (Phi) is 4.17. The van der Waals surface area contributed by atoms with E-state index in [-0.39, 0.29) is 0 Å². The molecule has 3 nitrogen and oxygen atoms in total. The largest absolute Gasteiger partial charge is 0.330 e. The van der Waals surface area contributed by atoms with Crippen molar-refractivity contribution in [1.82, 2.24) is 9.88 Å². The first-order chi connectivity index (χ1) is 8.10. The molecule has 1 saturated heterocycles. The molecule has 2 atom stereocenters. The van der Waals surface area contributed by atoms with E-state index in [1.165, 1.54) is 17.1 Å². The van der Waals surface area contributed by atoms with Crippen LogP contribution in [0.5, 0.6) is 0 Å². The van der Waals surface area contributed by atoms with Crippen LogP contribution in [0.15, 0.2) is 5.38 Å². The van der Waals surface area contributed by atoms with Crippen LogP contribution >= 0.6 is 11.3 Å². The SMILES string of the molecule is CC(C)c1nc(CN2CC(CN)CC2C)cs1. The Balaban J connectivity index is 1.96. The van der Waals surface area contributed by atoms with Crippen molar-refractivity contribution in [2.45, 2.75) is 45.7 Å². The molecule has 0 aliphatic carbocycles. The second kappa shape index (κ2) is 5.46. The average molecular weight is 253 g/mol. The van der Waals surface area contributed by atoms with Gasteiger partial charge in [-0.1, -0.05) is 13.8 Å². The smallest absolute Gasteiger partial charge is 0.0954 e. The van der Waals surface area contributed by atoms with E-state index in [1.54, 1.807) is 11.3 Å². The summed E-state index contributed by atoms with van der Waals surface area (Å²) in [4.78, 5) is 7.21. The van der Waals surface area contributed by atoms with Gasteiger partial charge in [-0.25, -0.2) is 4.98 Å². The summed E-state index contributed by atoms with van der Waals surface area (Å²) in [6.07, 6.45) is 1.23. The molecule has 0 aromatic carbocycles. The molecule has 1 aromatic heterocycles. The van der Waals surface area contributed by atoms with Crippen LogP contribution in [0.4, 0.5) is 0 Å². The van der Waals surface area contributed by atoms with E-state index in [2.05, 4.69) is 31.1 Å². The Bertz CT molecular complexity index is 361. The molecule has 0 spiro atoms. The third kappa shape index (κ3) is 3.06. The van der Waals surface area contributed by atoms with Gasteiger partial charge >= 0.3 is 0 Å². The molecule has 1 aromatic rings. The van der Waals surface area contributed by atoms with Crippen molar-refractivity contribution in [3.63, 3.8) is 0 Å². The zero-order chi connectivity index (χ0) is 12.4. The molecule has 2 rings (SSSR count). The minimum absolute atomic E-state index is 0.543. The highest BCUT2D eigenvalue weighted by atomic mass is 32.1. The highest BCUT2D eigenvalue weighted by molar-refractivity contribution is 7.09. The van der Waals surface area contributed by atoms with Gasteiger partial charge in [-0.2, -0.15) is 0 Å². The summed E-state index contributed by atoms with van der Waals surface area (Å²) in [5.41, 5.74) is 6.98. The molecule has 0 radical (unpaired) electrons. The summed E-state index contributed by atoms with van der Waals surface area (Å²) >= 11 is 1.79. The maximum atomic E-state index is 5.76. The van der Waals surface area contributed by atoms with Crippen molar-refractivity contribution in [2.24, 2.45) is 11.7 Å². The molecule has 1 aliphatic rings. The molecule has 2 heterocycles. The molecule has 1 aliphatic heterocycles. The lowest BCUT2D eigenvalue weighted by molar-refractivity contribution is 0.253. The summed E-state index contributed by atoms with van der Waals surface area (Å²) in [6.45, 7) is 9.63. The van der Waals surface area contributed by atoms with Crippen LogP contribution < -0.4 is 5.73 Å². The second-order valence-corrected chi connectivity index (χ2v) is 6.34. The lowest BCUT2D eigenvalue weighted by atomic mass is 10.1. The highest BCUT2D eigenvalue weighted by Crippen LogP contribution is 2.25. The zero-order valence-corrected chi connectivity index (χ0v) is 11.8. The number of hydrogen-bond acceptors (Lipinski definition) is 4. The van der Waals surface area contributed by atoms with E-state index in [0.29, 0.717) is 17.9 Å². The molecular weight excluding hydrogens is 230 g/mol. The van der Waals surface area contributed by atoms with E-state index in [4.69, 9.17) is 10.7 Å². The van der Waals surface area contributed by atoms with Crippen LogP contribution in [0, 0.1) is 5.92 Å². The quantitative estimate of drug-likeness (QED) is 0.896. The number of likely N-dealkylation sites (tertiary alicyclic amines) is 1. The molecule has 2 unspecified atom stereocenters. The summed E-state index contributed by atoms with van der Waals surface area (Å²) in [7, 11) is 0. The Morgan fingerprint density at radius 3 is 2.88 bits per heavy atom. The molecule has 2 N–H and O–H groups in total. The number of aromatic nitrogens is 1. The average Bonchev–Trinajstić information content (AvgIpc) is 2.87. The van der Waals surface area contributed by atoms with Crippen LogP contribution in [0.25, 0.3) is 0 Å². The third-order valence-electron chi connectivity index (χ3n) is 3.55. The van der Waals surface area contributed by atoms with Gasteiger partial charge in [-0.05, 0) is 25.8 Å². The standard InChI is InChI=1S/C13H23N3S/c1-9(2)13-15-12(8-17-13)7-16-6-11(5-14)4-10(16)3/h8-11H,4-7,14H2,1-3H3. The Morgan fingerprint density at radius 1 is 1.59 bits per heavy atom. The van der Waals surface area contributed by atoms with Crippen molar-refractivity contribution in [3.8, 4) is 0 Å². The number of thiazole rings is 1. The first-order valence-electron chi connectivity index (χ1n) is 6.48. The van der Waals surface area contributed by atoms with Crippen molar-refractivity contribution < 1.29 is 0 Å². The predicted octanol–water partition coefficient (Wildman–Crippen LogP) is 2.44. The lowest BCUT2D eigenvalue weighted by Crippen LogP contribution is -2.27.